The molecule has 1 aromatic carbocycles. The number of aryl methyl sites for hydroxylation is 1. The molecule has 0 amide bonds. The summed E-state index contributed by atoms with van der Waals surface area (Å²) in [7, 11) is 0. The Morgan fingerprint density at radius 1 is 1.41 bits per heavy atom. The van der Waals surface area contributed by atoms with E-state index in [1.165, 1.54) is 10.7 Å². The van der Waals surface area contributed by atoms with Crippen molar-refractivity contribution in [2.75, 3.05) is 5.32 Å². The molecule has 0 atom stereocenters. The third-order valence-corrected chi connectivity index (χ3v) is 2.38. The lowest BCUT2D eigenvalue weighted by molar-refractivity contribution is 0.586. The van der Waals surface area contributed by atoms with Crippen LogP contribution in [0.4, 0.5) is 14.5 Å². The van der Waals surface area contributed by atoms with E-state index < -0.39 is 11.6 Å². The maximum atomic E-state index is 13.3. The summed E-state index contributed by atoms with van der Waals surface area (Å²) < 4.78 is 27.4. The summed E-state index contributed by atoms with van der Waals surface area (Å²) in [6, 6.07) is 3.23. The van der Waals surface area contributed by atoms with Crippen molar-refractivity contribution in [2.24, 2.45) is 0 Å². The minimum Gasteiger partial charge on any atom is -0.328 e. The van der Waals surface area contributed by atoms with Crippen molar-refractivity contribution in [1.29, 1.82) is 0 Å². The first kappa shape index (κ1) is 11.7. The Balaban J connectivity index is 2.18. The van der Waals surface area contributed by atoms with E-state index in [2.05, 4.69) is 10.4 Å². The van der Waals surface area contributed by atoms with Gasteiger partial charge in [-0.2, -0.15) is 5.10 Å². The van der Waals surface area contributed by atoms with Crippen LogP contribution in [-0.4, -0.2) is 14.9 Å². The Labute approximate surface area is 102 Å². The molecule has 0 unspecified atom stereocenters. The summed E-state index contributed by atoms with van der Waals surface area (Å²) in [6.07, 6.45) is 3.34. The van der Waals surface area contributed by atoms with Gasteiger partial charge in [0.25, 0.3) is 0 Å². The zero-order valence-corrected chi connectivity index (χ0v) is 9.76. The maximum absolute atomic E-state index is 13.3. The van der Waals surface area contributed by atoms with Gasteiger partial charge in [0.2, 0.25) is 0 Å². The Morgan fingerprint density at radius 3 is 2.76 bits per heavy atom. The van der Waals surface area contributed by atoms with Gasteiger partial charge in [0.1, 0.15) is 11.6 Å². The molecule has 0 saturated carbocycles. The molecule has 2 rings (SSSR count). The molecule has 1 N–H and O–H groups in total. The first-order valence-corrected chi connectivity index (χ1v) is 5.25. The molecule has 0 aliphatic heterocycles. The van der Waals surface area contributed by atoms with Crippen molar-refractivity contribution in [3.05, 3.63) is 47.8 Å². The van der Waals surface area contributed by atoms with Gasteiger partial charge in [0.15, 0.2) is 5.11 Å². The summed E-state index contributed by atoms with van der Waals surface area (Å²) in [4.78, 5) is 0. The molecule has 1 aromatic heterocycles. The number of nitrogens with one attached hydrogen (secondary N) is 1. The van der Waals surface area contributed by atoms with Gasteiger partial charge in [-0.3, -0.25) is 0 Å². The van der Waals surface area contributed by atoms with E-state index in [0.717, 1.165) is 17.7 Å². The van der Waals surface area contributed by atoms with Gasteiger partial charge in [0, 0.05) is 12.3 Å². The SMILES string of the molecule is Cc1cnn(C(=S)Nc2ccc(F)cc2F)c1. The van der Waals surface area contributed by atoms with Crippen molar-refractivity contribution in [3.8, 4) is 0 Å². The van der Waals surface area contributed by atoms with Gasteiger partial charge in [-0.25, -0.2) is 13.5 Å². The van der Waals surface area contributed by atoms with Gasteiger partial charge >= 0.3 is 0 Å². The Morgan fingerprint density at radius 2 is 2.18 bits per heavy atom. The topological polar surface area (TPSA) is 29.9 Å². The molecule has 6 heteroatoms. The predicted molar refractivity (Wildman–Crippen MR) is 64.9 cm³/mol. The smallest absolute Gasteiger partial charge is 0.198 e. The van der Waals surface area contributed by atoms with E-state index in [4.69, 9.17) is 12.2 Å². The van der Waals surface area contributed by atoms with Crippen molar-refractivity contribution in [2.45, 2.75) is 6.92 Å². The maximum Gasteiger partial charge on any atom is 0.198 e. The van der Waals surface area contributed by atoms with E-state index in [1.54, 1.807) is 12.4 Å². The second-order valence-corrected chi connectivity index (χ2v) is 3.90. The zero-order chi connectivity index (χ0) is 12.4. The molecule has 0 radical (unpaired) electrons. The van der Waals surface area contributed by atoms with Gasteiger partial charge in [-0.1, -0.05) is 0 Å². The summed E-state index contributed by atoms with van der Waals surface area (Å²) in [5, 5.41) is 6.86. The predicted octanol–water partition coefficient (Wildman–Crippen LogP) is 2.71. The first-order valence-electron chi connectivity index (χ1n) is 4.84. The molecular formula is C11H9F2N3S. The minimum atomic E-state index is -0.698. The number of rotatable bonds is 1. The van der Waals surface area contributed by atoms with Crippen LogP contribution in [0.2, 0.25) is 0 Å². The van der Waals surface area contributed by atoms with Crippen molar-refractivity contribution in [3.63, 3.8) is 0 Å². The molecular weight excluding hydrogens is 244 g/mol. The van der Waals surface area contributed by atoms with E-state index in [9.17, 15) is 8.78 Å². The van der Waals surface area contributed by atoms with Gasteiger partial charge in [-0.05, 0) is 36.8 Å². The van der Waals surface area contributed by atoms with Crippen LogP contribution < -0.4 is 5.32 Å². The van der Waals surface area contributed by atoms with E-state index in [1.807, 2.05) is 6.92 Å². The van der Waals surface area contributed by atoms with Gasteiger partial charge < -0.3 is 5.32 Å². The van der Waals surface area contributed by atoms with E-state index >= 15 is 0 Å². The fourth-order valence-corrected chi connectivity index (χ4v) is 1.50. The van der Waals surface area contributed by atoms with Crippen molar-refractivity contribution < 1.29 is 8.78 Å². The summed E-state index contributed by atoms with van der Waals surface area (Å²) in [6.45, 7) is 1.87. The van der Waals surface area contributed by atoms with E-state index in [0.29, 0.717) is 0 Å². The minimum absolute atomic E-state index is 0.115. The average Bonchev–Trinajstić information content (AvgIpc) is 2.69. The lowest BCUT2D eigenvalue weighted by atomic mass is 10.3. The standard InChI is InChI=1S/C11H9F2N3S/c1-7-5-14-16(6-7)11(17)15-10-3-2-8(12)4-9(10)13/h2-6H,1H3,(H,15,17). The molecule has 2 aromatic rings. The van der Waals surface area contributed by atoms with Crippen molar-refractivity contribution in [1.82, 2.24) is 9.78 Å². The normalized spacial score (nSPS) is 10.3. The molecule has 1 heterocycles. The van der Waals surface area contributed by atoms with Crippen LogP contribution in [0.25, 0.3) is 0 Å². The third kappa shape index (κ3) is 2.65. The summed E-state index contributed by atoms with van der Waals surface area (Å²) >= 11 is 5.04. The number of halogens is 2. The summed E-state index contributed by atoms with van der Waals surface area (Å²) in [5.74, 6) is -1.33. The van der Waals surface area contributed by atoms with Crippen LogP contribution in [0.5, 0.6) is 0 Å². The molecule has 17 heavy (non-hydrogen) atoms. The molecule has 88 valence electrons. The fourth-order valence-electron chi connectivity index (χ4n) is 1.29. The highest BCUT2D eigenvalue weighted by molar-refractivity contribution is 7.80. The largest absolute Gasteiger partial charge is 0.328 e. The highest BCUT2D eigenvalue weighted by Crippen LogP contribution is 2.15. The fraction of sp³-hybridized carbons (Fsp3) is 0.0909. The van der Waals surface area contributed by atoms with Crippen LogP contribution in [0.1, 0.15) is 5.56 Å². The van der Waals surface area contributed by atoms with Crippen LogP contribution in [0.3, 0.4) is 0 Å². The number of anilines is 1. The molecule has 0 saturated heterocycles. The van der Waals surface area contributed by atoms with E-state index in [-0.39, 0.29) is 10.8 Å². The summed E-state index contributed by atoms with van der Waals surface area (Å²) in [5.41, 5.74) is 1.05. The van der Waals surface area contributed by atoms with Gasteiger partial charge in [0.05, 0.1) is 11.9 Å². The molecule has 0 bridgehead atoms. The molecule has 0 fully saturated rings. The van der Waals surface area contributed by atoms with Crippen LogP contribution in [0, 0.1) is 18.6 Å². The lowest BCUT2D eigenvalue weighted by Crippen LogP contribution is -2.20. The average molecular weight is 253 g/mol. The van der Waals surface area contributed by atoms with Crippen LogP contribution in [-0.2, 0) is 0 Å². The van der Waals surface area contributed by atoms with Gasteiger partial charge in [-0.15, -0.1) is 0 Å². The molecule has 0 aliphatic carbocycles. The number of hydrogen-bond acceptors (Lipinski definition) is 2. The zero-order valence-electron chi connectivity index (χ0n) is 8.95. The van der Waals surface area contributed by atoms with Crippen molar-refractivity contribution >= 4 is 23.0 Å². The molecule has 3 nitrogen and oxygen atoms in total. The number of benzene rings is 1. The number of hydrogen-bond donors (Lipinski definition) is 1. The first-order chi connectivity index (χ1) is 8.06. The Hall–Kier alpha value is -1.82. The highest BCUT2D eigenvalue weighted by Gasteiger charge is 2.07. The Kier molecular flexibility index (Phi) is 3.14. The highest BCUT2D eigenvalue weighted by atomic mass is 32.1. The Bertz CT molecular complexity index is 566. The third-order valence-electron chi connectivity index (χ3n) is 2.09. The lowest BCUT2D eigenvalue weighted by Gasteiger charge is -2.08. The molecule has 0 aliphatic rings. The number of thiocarbonyl (C=S) groups is 1. The second kappa shape index (κ2) is 4.58. The molecule has 0 spiro atoms. The van der Waals surface area contributed by atoms with Crippen LogP contribution in [0.15, 0.2) is 30.6 Å². The monoisotopic (exact) mass is 253 g/mol. The van der Waals surface area contributed by atoms with Crippen LogP contribution >= 0.6 is 12.2 Å². The second-order valence-electron chi connectivity index (χ2n) is 3.52. The quantitative estimate of drug-likeness (QED) is 0.792. The number of nitrogens with zero attached hydrogens (tertiary/aromatic N) is 2. The number of aromatic nitrogens is 2.